The molecule has 1 amide bonds. The van der Waals surface area contributed by atoms with E-state index in [1.807, 2.05) is 48.5 Å². The van der Waals surface area contributed by atoms with Crippen molar-refractivity contribution in [1.29, 1.82) is 0 Å². The van der Waals surface area contributed by atoms with Gasteiger partial charge in [0.25, 0.3) is 5.56 Å². The molecule has 6 nitrogen and oxygen atoms in total. The second kappa shape index (κ2) is 9.08. The van der Waals surface area contributed by atoms with Crippen molar-refractivity contribution in [1.82, 2.24) is 10.3 Å². The maximum absolute atomic E-state index is 12.0. The minimum absolute atomic E-state index is 0.0175. The van der Waals surface area contributed by atoms with Crippen LogP contribution in [0, 0.1) is 6.92 Å². The molecule has 28 heavy (non-hydrogen) atoms. The fourth-order valence-corrected chi connectivity index (χ4v) is 2.90. The van der Waals surface area contributed by atoms with Crippen molar-refractivity contribution in [3.05, 3.63) is 70.0 Å². The van der Waals surface area contributed by atoms with Crippen LogP contribution >= 0.6 is 0 Å². The van der Waals surface area contributed by atoms with Gasteiger partial charge in [-0.3, -0.25) is 9.59 Å². The van der Waals surface area contributed by atoms with E-state index in [-0.39, 0.29) is 11.5 Å². The van der Waals surface area contributed by atoms with Gasteiger partial charge in [-0.25, -0.2) is 0 Å². The fourth-order valence-electron chi connectivity index (χ4n) is 2.90. The lowest BCUT2D eigenvalue weighted by Gasteiger charge is -2.09. The van der Waals surface area contributed by atoms with Gasteiger partial charge in [-0.2, -0.15) is 0 Å². The molecule has 0 fully saturated rings. The average molecular weight is 380 g/mol. The monoisotopic (exact) mass is 380 g/mol. The SMILES string of the molecule is COc1ccc(OCCNC(=O)CCc2ccc3[nH]c(=O)c(C)cc3c2)cc1. The zero-order valence-corrected chi connectivity index (χ0v) is 16.1. The molecule has 0 unspecified atom stereocenters. The number of carbonyl (C=O) groups is 1. The number of aryl methyl sites for hydroxylation is 2. The van der Waals surface area contributed by atoms with Crippen molar-refractivity contribution in [2.45, 2.75) is 19.8 Å². The van der Waals surface area contributed by atoms with Crippen molar-refractivity contribution in [2.24, 2.45) is 0 Å². The van der Waals surface area contributed by atoms with Crippen LogP contribution in [0.2, 0.25) is 0 Å². The summed E-state index contributed by atoms with van der Waals surface area (Å²) in [4.78, 5) is 26.5. The van der Waals surface area contributed by atoms with E-state index in [1.54, 1.807) is 14.0 Å². The molecule has 0 spiro atoms. The summed E-state index contributed by atoms with van der Waals surface area (Å²) in [6.45, 7) is 2.64. The highest BCUT2D eigenvalue weighted by Crippen LogP contribution is 2.17. The number of carbonyl (C=O) groups excluding carboxylic acids is 1. The smallest absolute Gasteiger partial charge is 0.251 e. The molecule has 3 rings (SSSR count). The molecule has 0 saturated carbocycles. The molecule has 0 aliphatic rings. The second-order valence-electron chi connectivity index (χ2n) is 6.58. The van der Waals surface area contributed by atoms with Gasteiger partial charge in [0.15, 0.2) is 0 Å². The van der Waals surface area contributed by atoms with Gasteiger partial charge in [0.2, 0.25) is 5.91 Å². The lowest BCUT2D eigenvalue weighted by atomic mass is 10.1. The summed E-state index contributed by atoms with van der Waals surface area (Å²) in [5.41, 5.74) is 2.47. The number of nitrogens with one attached hydrogen (secondary N) is 2. The molecule has 0 radical (unpaired) electrons. The maximum atomic E-state index is 12.0. The van der Waals surface area contributed by atoms with Crippen LogP contribution in [0.15, 0.2) is 53.3 Å². The molecule has 0 aliphatic heterocycles. The Labute approximate surface area is 163 Å². The normalized spacial score (nSPS) is 10.6. The van der Waals surface area contributed by atoms with E-state index in [2.05, 4.69) is 10.3 Å². The van der Waals surface area contributed by atoms with Crippen LogP contribution in [0.3, 0.4) is 0 Å². The lowest BCUT2D eigenvalue weighted by Crippen LogP contribution is -2.28. The number of pyridine rings is 1. The van der Waals surface area contributed by atoms with Crippen molar-refractivity contribution < 1.29 is 14.3 Å². The van der Waals surface area contributed by atoms with Crippen LogP contribution in [-0.4, -0.2) is 31.2 Å². The second-order valence-corrected chi connectivity index (χ2v) is 6.58. The third kappa shape index (κ3) is 5.13. The Kier molecular flexibility index (Phi) is 6.32. The minimum atomic E-state index is -0.0727. The molecule has 0 bridgehead atoms. The Morgan fingerprint density at radius 2 is 1.82 bits per heavy atom. The first-order chi connectivity index (χ1) is 13.5. The lowest BCUT2D eigenvalue weighted by molar-refractivity contribution is -0.121. The number of hydrogen-bond acceptors (Lipinski definition) is 4. The number of amides is 1. The van der Waals surface area contributed by atoms with Crippen molar-refractivity contribution in [2.75, 3.05) is 20.3 Å². The van der Waals surface area contributed by atoms with Gasteiger partial charge in [-0.05, 0) is 66.8 Å². The first-order valence-corrected chi connectivity index (χ1v) is 9.21. The predicted octanol–water partition coefficient (Wildman–Crippen LogP) is 2.97. The molecule has 2 N–H and O–H groups in total. The summed E-state index contributed by atoms with van der Waals surface area (Å²) >= 11 is 0. The predicted molar refractivity (Wildman–Crippen MR) is 109 cm³/mol. The van der Waals surface area contributed by atoms with E-state index in [9.17, 15) is 9.59 Å². The highest BCUT2D eigenvalue weighted by molar-refractivity contribution is 5.80. The van der Waals surface area contributed by atoms with Crippen LogP contribution in [-0.2, 0) is 11.2 Å². The van der Waals surface area contributed by atoms with E-state index in [1.165, 1.54) is 0 Å². The number of H-pyrrole nitrogens is 1. The summed E-state index contributed by atoms with van der Waals surface area (Å²) in [6.07, 6.45) is 1.04. The van der Waals surface area contributed by atoms with Crippen LogP contribution in [0.25, 0.3) is 10.9 Å². The number of aromatic nitrogens is 1. The highest BCUT2D eigenvalue weighted by atomic mass is 16.5. The summed E-state index contributed by atoms with van der Waals surface area (Å²) < 4.78 is 10.7. The molecule has 0 aliphatic carbocycles. The van der Waals surface area contributed by atoms with E-state index in [0.29, 0.717) is 31.6 Å². The molecular weight excluding hydrogens is 356 g/mol. The summed E-state index contributed by atoms with van der Waals surface area (Å²) in [5, 5.41) is 3.84. The average Bonchev–Trinajstić information content (AvgIpc) is 2.71. The van der Waals surface area contributed by atoms with Gasteiger partial charge in [0, 0.05) is 17.5 Å². The molecule has 1 heterocycles. The Balaban J connectivity index is 1.43. The Morgan fingerprint density at radius 1 is 1.07 bits per heavy atom. The van der Waals surface area contributed by atoms with Gasteiger partial charge in [0.05, 0.1) is 13.7 Å². The van der Waals surface area contributed by atoms with Crippen LogP contribution in [0.1, 0.15) is 17.5 Å². The summed E-state index contributed by atoms with van der Waals surface area (Å²) in [5.74, 6) is 1.49. The third-order valence-electron chi connectivity index (χ3n) is 4.49. The molecule has 2 aromatic carbocycles. The topological polar surface area (TPSA) is 80.4 Å². The van der Waals surface area contributed by atoms with Crippen molar-refractivity contribution in [3.63, 3.8) is 0 Å². The third-order valence-corrected chi connectivity index (χ3v) is 4.49. The van der Waals surface area contributed by atoms with Gasteiger partial charge in [-0.15, -0.1) is 0 Å². The first-order valence-electron chi connectivity index (χ1n) is 9.21. The van der Waals surface area contributed by atoms with E-state index < -0.39 is 0 Å². The molecule has 6 heteroatoms. The number of methoxy groups -OCH3 is 1. The zero-order chi connectivity index (χ0) is 19.9. The number of hydrogen-bond donors (Lipinski definition) is 2. The van der Waals surface area contributed by atoms with Crippen LogP contribution in [0.5, 0.6) is 11.5 Å². The number of fused-ring (bicyclic) bond motifs is 1. The number of rotatable bonds is 8. The molecule has 1 aromatic heterocycles. The number of aromatic amines is 1. The van der Waals surface area contributed by atoms with Gasteiger partial charge < -0.3 is 19.8 Å². The summed E-state index contributed by atoms with van der Waals surface area (Å²) in [7, 11) is 1.62. The fraction of sp³-hybridized carbons (Fsp3) is 0.273. The maximum Gasteiger partial charge on any atom is 0.251 e. The van der Waals surface area contributed by atoms with Gasteiger partial charge in [-0.1, -0.05) is 6.07 Å². The minimum Gasteiger partial charge on any atom is -0.497 e. The zero-order valence-electron chi connectivity index (χ0n) is 16.1. The molecular formula is C22H24N2O4. The van der Waals surface area contributed by atoms with Crippen molar-refractivity contribution >= 4 is 16.8 Å². The van der Waals surface area contributed by atoms with Crippen LogP contribution < -0.4 is 20.3 Å². The Morgan fingerprint density at radius 3 is 2.57 bits per heavy atom. The largest absolute Gasteiger partial charge is 0.497 e. The quantitative estimate of drug-likeness (QED) is 0.589. The molecule has 146 valence electrons. The van der Waals surface area contributed by atoms with Crippen molar-refractivity contribution in [3.8, 4) is 11.5 Å². The van der Waals surface area contributed by atoms with E-state index >= 15 is 0 Å². The first kappa shape index (κ1) is 19.5. The standard InChI is InChI=1S/C22H24N2O4/c1-15-13-17-14-16(3-9-20(17)24-22(15)26)4-10-21(25)23-11-12-28-19-7-5-18(27-2)6-8-19/h3,5-9,13-14H,4,10-12H2,1-2H3,(H,23,25)(H,24,26). The Hall–Kier alpha value is -3.28. The Bertz CT molecular complexity index is 1010. The molecule has 3 aromatic rings. The molecule has 0 atom stereocenters. The number of ether oxygens (including phenoxy) is 2. The number of benzene rings is 2. The van der Waals surface area contributed by atoms with Crippen LogP contribution in [0.4, 0.5) is 0 Å². The summed E-state index contributed by atoms with van der Waals surface area (Å²) in [6, 6.07) is 15.0. The molecule has 0 saturated heterocycles. The van der Waals surface area contributed by atoms with E-state index in [0.717, 1.165) is 28.0 Å². The van der Waals surface area contributed by atoms with Gasteiger partial charge in [0.1, 0.15) is 18.1 Å². The highest BCUT2D eigenvalue weighted by Gasteiger charge is 2.05. The van der Waals surface area contributed by atoms with E-state index in [4.69, 9.17) is 9.47 Å². The van der Waals surface area contributed by atoms with Gasteiger partial charge >= 0.3 is 0 Å².